The summed E-state index contributed by atoms with van der Waals surface area (Å²) in [6.07, 6.45) is -2.41. The highest BCUT2D eigenvalue weighted by Crippen LogP contribution is 2.64. The summed E-state index contributed by atoms with van der Waals surface area (Å²) >= 11 is 0. The van der Waals surface area contributed by atoms with E-state index in [-0.39, 0.29) is 64.4 Å². The molecule has 1 aliphatic heterocycles. The van der Waals surface area contributed by atoms with Crippen molar-refractivity contribution in [1.82, 2.24) is 0 Å². The molecule has 0 amide bonds. The van der Waals surface area contributed by atoms with Gasteiger partial charge in [0, 0.05) is 33.1 Å². The first-order valence-corrected chi connectivity index (χ1v) is 37.7. The number of esters is 4. The molecule has 0 spiro atoms. The summed E-state index contributed by atoms with van der Waals surface area (Å²) in [6, 6.07) is 60.6. The summed E-state index contributed by atoms with van der Waals surface area (Å²) in [4.78, 5) is 56.5. The highest BCUT2D eigenvalue weighted by Gasteiger charge is 2.71. The minimum atomic E-state index is -6.67. The van der Waals surface area contributed by atoms with Crippen molar-refractivity contribution in [3.8, 4) is 4.90 Å². The van der Waals surface area contributed by atoms with Crippen LogP contribution in [0.1, 0.15) is 83.5 Å². The first-order valence-electron chi connectivity index (χ1n) is 32.4. The molecular formula is C72H69F7O14S4. The third kappa shape index (κ3) is 13.3. The molecule has 1 saturated heterocycles. The van der Waals surface area contributed by atoms with Crippen LogP contribution in [0.2, 0.25) is 0 Å². The topological polar surface area (TPSA) is 220 Å². The van der Waals surface area contributed by atoms with E-state index in [0.29, 0.717) is 24.2 Å². The van der Waals surface area contributed by atoms with Crippen LogP contribution in [0, 0.1) is 70.0 Å². The van der Waals surface area contributed by atoms with Crippen molar-refractivity contribution in [3.05, 3.63) is 170 Å². The first kappa shape index (κ1) is 68.6. The van der Waals surface area contributed by atoms with Crippen LogP contribution in [0.5, 0.6) is 0 Å². The van der Waals surface area contributed by atoms with Gasteiger partial charge in [0.1, 0.15) is 12.2 Å². The second-order valence-corrected chi connectivity index (χ2v) is 34.6. The molecule has 0 N–H and O–H groups in total. The maximum atomic E-state index is 13.5. The lowest BCUT2D eigenvalue weighted by atomic mass is 9.49. The van der Waals surface area contributed by atoms with E-state index in [9.17, 15) is 75.9 Å². The molecule has 7 atom stereocenters. The van der Waals surface area contributed by atoms with Crippen LogP contribution in [0.4, 0.5) is 30.7 Å². The average Bonchev–Trinajstić information content (AvgIpc) is 1.49. The highest BCUT2D eigenvalue weighted by atomic mass is 32.2. The molecule has 18 rings (SSSR count). The van der Waals surface area contributed by atoms with Gasteiger partial charge in [0.15, 0.2) is 55.8 Å². The number of hydrogen-bond donors (Lipinski definition) is 0. The summed E-state index contributed by atoms with van der Waals surface area (Å²) in [6.45, 7) is -1.94. The molecular weight excluding hydrogens is 1350 g/mol. The maximum Gasteiger partial charge on any atom is 0.432 e. The lowest BCUT2D eigenvalue weighted by molar-refractivity contribution is -0.266. The number of carbonyl (C=O) groups is 4. The van der Waals surface area contributed by atoms with Gasteiger partial charge < -0.3 is 28.1 Å². The fourth-order valence-corrected chi connectivity index (χ4v) is 23.3. The number of hydrogen-bond acceptors (Lipinski definition) is 14. The number of thiophene rings is 1. The Kier molecular flexibility index (Phi) is 18.6. The Bertz CT molecular complexity index is 4090. The van der Waals surface area contributed by atoms with Crippen molar-refractivity contribution in [2.75, 3.05) is 6.61 Å². The Morgan fingerprint density at radius 3 is 1.33 bits per heavy atom. The normalized spacial score (nSPS) is 29.7. The number of halogens is 7. The zero-order valence-electron chi connectivity index (χ0n) is 52.1. The molecule has 7 aromatic rings. The summed E-state index contributed by atoms with van der Waals surface area (Å²) < 4.78 is 179. The van der Waals surface area contributed by atoms with Crippen LogP contribution in [-0.4, -0.2) is 91.4 Å². The lowest BCUT2D eigenvalue weighted by Gasteiger charge is -2.55. The first-order chi connectivity index (χ1) is 46.0. The van der Waals surface area contributed by atoms with Crippen molar-refractivity contribution < 1.29 is 94.8 Å². The van der Waals surface area contributed by atoms with Gasteiger partial charge in [-0.3, -0.25) is 19.2 Å². The Morgan fingerprint density at radius 1 is 0.536 bits per heavy atom. The SMILES string of the molecule is O=C(OC(C(F)(F)F)C(F)(F)S(=O)(=O)[O-])C12CC3CC(CC(C3)C1)C2.O=C1OC2C3CC(C2OC(=O)C24CC5CC(CC(C5)C2)C4)C(C(=O)OCC(F)(F)S(=O)(=O)[O-])C13.c1ccc(-[s+]2c3ccccc3c3ccccc32)cc1.c1ccc([S+](c2ccccc2)c2ccccc2)cc1. The van der Waals surface area contributed by atoms with Gasteiger partial charge in [-0.1, -0.05) is 97.1 Å². The molecule has 14 nitrogen and oxygen atoms in total. The fraction of sp³-hybridized carbons (Fsp3) is 0.444. The molecule has 25 heteroatoms. The smallest absolute Gasteiger partial charge is 0.432 e. The number of alkyl halides is 7. The van der Waals surface area contributed by atoms with Gasteiger partial charge in [-0.25, -0.2) is 16.8 Å². The van der Waals surface area contributed by atoms with Crippen LogP contribution in [0.3, 0.4) is 0 Å². The quantitative estimate of drug-likeness (QED) is 0.0325. The molecule has 7 unspecified atom stereocenters. The number of rotatable bonds is 14. The van der Waals surface area contributed by atoms with E-state index in [2.05, 4.69) is 179 Å². The van der Waals surface area contributed by atoms with Gasteiger partial charge in [-0.15, -0.1) is 0 Å². The zero-order chi connectivity index (χ0) is 68.6. The third-order valence-corrected chi connectivity index (χ3v) is 27.6. The van der Waals surface area contributed by atoms with Gasteiger partial charge in [-0.05, 0) is 192 Å². The molecule has 1 aromatic heterocycles. The Hall–Kier alpha value is -6.90. The summed E-state index contributed by atoms with van der Waals surface area (Å²) in [5.41, 5.74) is -1.85. The van der Waals surface area contributed by atoms with Gasteiger partial charge >= 0.3 is 40.6 Å². The number of ether oxygens (including phenoxy) is 4. The van der Waals surface area contributed by atoms with E-state index in [1.54, 1.807) is 0 Å². The van der Waals surface area contributed by atoms with E-state index in [1.165, 1.54) is 39.8 Å². The summed E-state index contributed by atoms with van der Waals surface area (Å²) in [5.74, 6) is -4.97. The van der Waals surface area contributed by atoms with Gasteiger partial charge in [-0.2, -0.15) is 30.7 Å². The predicted molar refractivity (Wildman–Crippen MR) is 342 cm³/mol. The van der Waals surface area contributed by atoms with Crippen molar-refractivity contribution in [2.24, 2.45) is 70.0 Å². The van der Waals surface area contributed by atoms with Crippen LogP contribution in [0.15, 0.2) is 185 Å². The minimum Gasteiger partial charge on any atom is -0.743 e. The molecule has 2 heterocycles. The number of fused-ring (bicyclic) bond motifs is 4. The molecule has 10 aliphatic carbocycles. The van der Waals surface area contributed by atoms with E-state index in [4.69, 9.17) is 9.47 Å². The average molecular weight is 1420 g/mol. The van der Waals surface area contributed by atoms with E-state index >= 15 is 0 Å². The molecule has 11 aliphatic rings. The monoisotopic (exact) mass is 1420 g/mol. The van der Waals surface area contributed by atoms with Gasteiger partial charge in [0.05, 0.1) is 33.6 Å². The number of carbonyl (C=O) groups excluding carboxylic acids is 4. The van der Waals surface area contributed by atoms with Crippen LogP contribution in [0.25, 0.3) is 25.1 Å². The van der Waals surface area contributed by atoms with Crippen molar-refractivity contribution >= 4 is 85.7 Å². The highest BCUT2D eigenvalue weighted by molar-refractivity contribution is 7.97. The standard InChI is InChI=1S/C22H26F2O9S.C18H13S.C18H15S.C14H17F5O5S/c23-22(24,34(28,29)30)8-31-18(25)14-12-4-13-15(14)19(26)32-16(13)17(12)33-20(27)21-5-9-1-10(6-21)3-11(2-9)7-21;1-2-8-14(9-3-1)19-17-12-6-4-10-15(17)16-11-5-7-13-18(16)19;1-4-10-16(11-5-1)19(17-12-6-2-7-13-17)18-14-8-3-9-15-18;15-13(16,17)10(14(18,19)25(21,22)23)24-11(20)12-4-7-1-8(5-12)3-9(2-7)6-12/h9-17H,1-8H2,(H,28,29,30);1-13H;1-15H;7-10H,1-6H2,(H,21,22,23)/q;2*+1;/p-2. The molecule has 6 aromatic carbocycles. The van der Waals surface area contributed by atoms with Crippen LogP contribution >= 0.6 is 10.5 Å². The number of benzene rings is 6. The maximum absolute atomic E-state index is 13.5. The van der Waals surface area contributed by atoms with E-state index in [0.717, 1.165) is 57.8 Å². The molecule has 514 valence electrons. The Morgan fingerprint density at radius 2 is 0.928 bits per heavy atom. The van der Waals surface area contributed by atoms with Gasteiger partial charge in [0.25, 0.3) is 6.10 Å². The van der Waals surface area contributed by atoms with E-state index < -0.39 is 114 Å². The van der Waals surface area contributed by atoms with Crippen molar-refractivity contribution in [3.63, 3.8) is 0 Å². The fourth-order valence-electron chi connectivity index (χ4n) is 18.2. The minimum absolute atomic E-state index is 0.0146. The summed E-state index contributed by atoms with van der Waals surface area (Å²) in [5, 5.41) is -7.79. The van der Waals surface area contributed by atoms with E-state index in [1.807, 2.05) is 0 Å². The molecule has 10 saturated carbocycles. The molecule has 0 radical (unpaired) electrons. The largest absolute Gasteiger partial charge is 0.743 e. The Balaban J connectivity index is 0.000000120. The second-order valence-electron chi connectivity index (χ2n) is 27.7. The van der Waals surface area contributed by atoms with Crippen molar-refractivity contribution in [2.45, 2.75) is 133 Å². The molecule has 11 fully saturated rings. The molecule has 10 bridgehead atoms. The second kappa shape index (κ2) is 26.3. The van der Waals surface area contributed by atoms with Crippen LogP contribution in [-0.2, 0) is 69.3 Å². The lowest BCUT2D eigenvalue weighted by Crippen LogP contribution is -2.56. The van der Waals surface area contributed by atoms with Crippen molar-refractivity contribution in [1.29, 1.82) is 0 Å². The zero-order valence-corrected chi connectivity index (χ0v) is 55.3. The predicted octanol–water partition coefficient (Wildman–Crippen LogP) is 14.9. The summed E-state index contributed by atoms with van der Waals surface area (Å²) in [7, 11) is -12.6. The Labute approximate surface area is 561 Å². The van der Waals surface area contributed by atoms with Crippen LogP contribution < -0.4 is 0 Å². The van der Waals surface area contributed by atoms with Gasteiger partial charge in [0.2, 0.25) is 0 Å². The third-order valence-electron chi connectivity index (χ3n) is 21.3. The molecule has 97 heavy (non-hydrogen) atoms.